The number of nitrogens with one attached hydrogen (secondary N) is 1. The van der Waals surface area contributed by atoms with Crippen molar-refractivity contribution < 1.29 is 36.6 Å². The summed E-state index contributed by atoms with van der Waals surface area (Å²) in [6.07, 6.45) is -4.09. The molecule has 3 aromatic rings. The molecule has 0 bridgehead atoms. The third kappa shape index (κ3) is 7.86. The fourth-order valence-electron chi connectivity index (χ4n) is 3.97. The summed E-state index contributed by atoms with van der Waals surface area (Å²) < 4.78 is 68.2. The van der Waals surface area contributed by atoms with Gasteiger partial charge in [0.05, 0.1) is 41.6 Å². The molecule has 4 heterocycles. The molecule has 0 aromatic carbocycles. The van der Waals surface area contributed by atoms with Gasteiger partial charge >= 0.3 is 12.3 Å². The quantitative estimate of drug-likeness (QED) is 0.385. The van der Waals surface area contributed by atoms with Gasteiger partial charge in [0, 0.05) is 36.5 Å². The minimum atomic E-state index is -4.60. The number of aryl methyl sites for hydroxylation is 1. The number of halogens is 4. The van der Waals surface area contributed by atoms with Gasteiger partial charge in [0.25, 0.3) is 5.91 Å². The van der Waals surface area contributed by atoms with Gasteiger partial charge in [0.15, 0.2) is 11.9 Å². The molecule has 4 rings (SSSR count). The van der Waals surface area contributed by atoms with Crippen molar-refractivity contribution in [2.45, 2.75) is 64.6 Å². The molecular formula is C26H28F4N6O4S. The number of carbonyl (C=O) groups excluding carboxylic acids is 2. The minimum absolute atomic E-state index is 0.0710. The van der Waals surface area contributed by atoms with Crippen LogP contribution in [0, 0.1) is 6.92 Å². The van der Waals surface area contributed by atoms with E-state index in [-0.39, 0.29) is 43.1 Å². The first-order chi connectivity index (χ1) is 19.2. The van der Waals surface area contributed by atoms with Crippen LogP contribution in [0.2, 0.25) is 0 Å². The molecule has 1 aliphatic heterocycles. The number of rotatable bonds is 6. The van der Waals surface area contributed by atoms with Crippen molar-refractivity contribution in [3.05, 3.63) is 58.2 Å². The predicted molar refractivity (Wildman–Crippen MR) is 141 cm³/mol. The van der Waals surface area contributed by atoms with Crippen LogP contribution in [0.4, 0.5) is 28.0 Å². The first-order valence-electron chi connectivity index (χ1n) is 12.6. The summed E-state index contributed by atoms with van der Waals surface area (Å²) in [6.45, 7) is 6.96. The molecule has 10 nitrogen and oxygen atoms in total. The second-order valence-electron chi connectivity index (χ2n) is 10.4. The smallest absolute Gasteiger partial charge is 0.434 e. The Kier molecular flexibility index (Phi) is 8.75. The molecule has 0 radical (unpaired) electrons. The van der Waals surface area contributed by atoms with E-state index in [2.05, 4.69) is 24.6 Å². The topological polar surface area (TPSA) is 119 Å². The lowest BCUT2D eigenvalue weighted by Gasteiger charge is -2.35. The first kappa shape index (κ1) is 30.1. The normalized spacial score (nSPS) is 17.7. The van der Waals surface area contributed by atoms with E-state index in [0.29, 0.717) is 22.5 Å². The van der Waals surface area contributed by atoms with Gasteiger partial charge in [-0.1, -0.05) is 0 Å². The molecule has 0 spiro atoms. The molecule has 0 aliphatic carbocycles. The van der Waals surface area contributed by atoms with Crippen molar-refractivity contribution in [3.63, 3.8) is 0 Å². The highest BCUT2D eigenvalue weighted by Gasteiger charge is 2.35. The number of nitrogens with zero attached hydrogens (tertiary/aromatic N) is 5. The maximum atomic E-state index is 14.8. The Morgan fingerprint density at radius 1 is 1.12 bits per heavy atom. The van der Waals surface area contributed by atoms with E-state index in [4.69, 9.17) is 9.47 Å². The summed E-state index contributed by atoms with van der Waals surface area (Å²) >= 11 is 1.04. The number of hydrogen-bond donors (Lipinski definition) is 1. The van der Waals surface area contributed by atoms with E-state index >= 15 is 0 Å². The Balaban J connectivity index is 1.34. The van der Waals surface area contributed by atoms with E-state index in [9.17, 15) is 27.2 Å². The number of pyridine rings is 1. The third-order valence-electron chi connectivity index (χ3n) is 5.90. The van der Waals surface area contributed by atoms with E-state index in [1.807, 2.05) is 0 Å². The molecule has 15 heteroatoms. The fraction of sp³-hybridized carbons (Fsp3) is 0.462. The van der Waals surface area contributed by atoms with Gasteiger partial charge in [0.2, 0.25) is 5.88 Å². The molecule has 3 aromatic heterocycles. The van der Waals surface area contributed by atoms with Crippen molar-refractivity contribution in [2.24, 2.45) is 0 Å². The zero-order valence-electron chi connectivity index (χ0n) is 22.7. The van der Waals surface area contributed by atoms with Crippen LogP contribution >= 0.6 is 11.5 Å². The maximum absolute atomic E-state index is 14.8. The van der Waals surface area contributed by atoms with Gasteiger partial charge < -0.3 is 19.7 Å². The number of piperidine rings is 1. The Hall–Kier alpha value is -3.88. The number of likely N-dealkylation sites (tertiary alicyclic amines) is 1. The van der Waals surface area contributed by atoms with Gasteiger partial charge in [-0.2, -0.15) is 17.5 Å². The molecule has 41 heavy (non-hydrogen) atoms. The number of hydrogen-bond acceptors (Lipinski definition) is 9. The summed E-state index contributed by atoms with van der Waals surface area (Å²) in [6, 6.07) is 3.03. The van der Waals surface area contributed by atoms with Gasteiger partial charge in [-0.25, -0.2) is 19.2 Å². The lowest BCUT2D eigenvalue weighted by atomic mass is 10.1. The summed E-state index contributed by atoms with van der Waals surface area (Å²) in [4.78, 5) is 38.4. The Labute approximate surface area is 237 Å². The number of alkyl halides is 4. The van der Waals surface area contributed by atoms with Crippen molar-refractivity contribution in [1.29, 1.82) is 0 Å². The number of carbonyl (C=O) groups is 2. The molecule has 0 saturated carbocycles. The Morgan fingerprint density at radius 2 is 1.88 bits per heavy atom. The molecule has 220 valence electrons. The SMILES string of the molecule is Cc1nsc(Cc2cnc(C(F)(F)F)cn2)c1C(=O)Nc1ccc(O[C@@H]2CCN(C(=O)OC(C)(C)C)C[C@@H]2F)nc1. The molecular weight excluding hydrogens is 568 g/mol. The van der Waals surface area contributed by atoms with Crippen LogP contribution in [0.5, 0.6) is 5.88 Å². The van der Waals surface area contributed by atoms with Crippen molar-refractivity contribution >= 4 is 29.2 Å². The molecule has 0 unspecified atom stereocenters. The molecule has 2 atom stereocenters. The standard InChI is InChI=1S/C26H28F4N6O4S/c1-14-22(19(41-35-14)9-16-11-32-20(12-31-16)26(28,29)30)23(37)34-15-5-6-21(33-10-15)39-18-7-8-36(13-17(18)27)24(38)40-25(2,3)4/h5-6,10-12,17-18H,7-9,13H2,1-4H3,(H,34,37)/t17-,18+/m0/s1. The Morgan fingerprint density at radius 3 is 2.46 bits per heavy atom. The van der Waals surface area contributed by atoms with E-state index in [0.717, 1.165) is 17.7 Å². The van der Waals surface area contributed by atoms with Crippen LogP contribution in [-0.4, -0.2) is 67.2 Å². The van der Waals surface area contributed by atoms with Gasteiger partial charge in [-0.05, 0) is 45.3 Å². The van der Waals surface area contributed by atoms with Gasteiger partial charge in [-0.15, -0.1) is 0 Å². The monoisotopic (exact) mass is 596 g/mol. The van der Waals surface area contributed by atoms with Crippen LogP contribution < -0.4 is 10.1 Å². The molecule has 1 fully saturated rings. The maximum Gasteiger partial charge on any atom is 0.434 e. The molecule has 2 amide bonds. The average Bonchev–Trinajstić information content (AvgIpc) is 3.24. The van der Waals surface area contributed by atoms with Gasteiger partial charge in [-0.3, -0.25) is 9.78 Å². The second-order valence-corrected chi connectivity index (χ2v) is 11.2. The van der Waals surface area contributed by atoms with Crippen molar-refractivity contribution in [3.8, 4) is 5.88 Å². The van der Waals surface area contributed by atoms with Crippen LogP contribution in [-0.2, 0) is 17.3 Å². The van der Waals surface area contributed by atoms with E-state index in [1.54, 1.807) is 33.8 Å². The largest absolute Gasteiger partial charge is 0.471 e. The van der Waals surface area contributed by atoms with Crippen LogP contribution in [0.3, 0.4) is 0 Å². The third-order valence-corrected chi connectivity index (χ3v) is 6.83. The highest BCUT2D eigenvalue weighted by Crippen LogP contribution is 2.28. The zero-order valence-corrected chi connectivity index (χ0v) is 23.5. The highest BCUT2D eigenvalue weighted by molar-refractivity contribution is 7.06. The van der Waals surface area contributed by atoms with Crippen molar-refractivity contribution in [1.82, 2.24) is 24.2 Å². The summed E-state index contributed by atoms with van der Waals surface area (Å²) in [5, 5.41) is 2.71. The fourth-order valence-corrected chi connectivity index (χ4v) is 4.85. The van der Waals surface area contributed by atoms with Crippen molar-refractivity contribution in [2.75, 3.05) is 18.4 Å². The molecule has 1 aliphatic rings. The van der Waals surface area contributed by atoms with Crippen LogP contribution in [0.15, 0.2) is 30.7 Å². The average molecular weight is 597 g/mol. The van der Waals surface area contributed by atoms with E-state index in [1.165, 1.54) is 17.2 Å². The van der Waals surface area contributed by atoms with Gasteiger partial charge in [0.1, 0.15) is 11.7 Å². The number of ether oxygens (including phenoxy) is 2. The zero-order chi connectivity index (χ0) is 29.9. The minimum Gasteiger partial charge on any atom is -0.471 e. The summed E-state index contributed by atoms with van der Waals surface area (Å²) in [5.74, 6) is -0.337. The lowest BCUT2D eigenvalue weighted by molar-refractivity contribution is -0.141. The lowest BCUT2D eigenvalue weighted by Crippen LogP contribution is -2.50. The summed E-state index contributed by atoms with van der Waals surface area (Å²) in [5.41, 5.74) is -0.478. The van der Waals surface area contributed by atoms with E-state index < -0.39 is 41.7 Å². The highest BCUT2D eigenvalue weighted by atomic mass is 32.1. The Bertz CT molecular complexity index is 1380. The number of amides is 2. The number of aromatic nitrogens is 4. The first-order valence-corrected chi connectivity index (χ1v) is 13.4. The number of anilines is 1. The van der Waals surface area contributed by atoms with Crippen LogP contribution in [0.25, 0.3) is 0 Å². The van der Waals surface area contributed by atoms with Crippen LogP contribution in [0.1, 0.15) is 59.5 Å². The second kappa shape index (κ2) is 11.9. The summed E-state index contributed by atoms with van der Waals surface area (Å²) in [7, 11) is 0. The molecule has 1 saturated heterocycles. The molecule has 1 N–H and O–H groups in total. The predicted octanol–water partition coefficient (Wildman–Crippen LogP) is 5.22.